The van der Waals surface area contributed by atoms with Crippen molar-refractivity contribution in [3.05, 3.63) is 53.3 Å². The fourth-order valence-electron chi connectivity index (χ4n) is 3.81. The molecule has 25 heavy (non-hydrogen) atoms. The average molecular weight is 335 g/mol. The monoisotopic (exact) mass is 335 g/mol. The summed E-state index contributed by atoms with van der Waals surface area (Å²) in [7, 11) is 0. The van der Waals surface area contributed by atoms with Gasteiger partial charge in [-0.2, -0.15) is 4.52 Å². The van der Waals surface area contributed by atoms with Gasteiger partial charge in [0.1, 0.15) is 11.4 Å². The van der Waals surface area contributed by atoms with E-state index in [1.807, 2.05) is 34.8 Å². The number of aromatic nitrogens is 4. The molecule has 6 heteroatoms. The summed E-state index contributed by atoms with van der Waals surface area (Å²) in [4.78, 5) is 0. The Kier molecular flexibility index (Phi) is 3.28. The van der Waals surface area contributed by atoms with Crippen molar-refractivity contribution in [3.8, 4) is 0 Å². The molecule has 1 atom stereocenters. The summed E-state index contributed by atoms with van der Waals surface area (Å²) >= 11 is 0. The number of fused-ring (bicyclic) bond motifs is 2. The highest BCUT2D eigenvalue weighted by Gasteiger charge is 2.34. The second-order valence-electron chi connectivity index (χ2n) is 7.22. The van der Waals surface area contributed by atoms with Crippen molar-refractivity contribution in [2.75, 3.05) is 11.9 Å². The van der Waals surface area contributed by atoms with E-state index in [9.17, 15) is 5.11 Å². The molecule has 2 aliphatic carbocycles. The molecule has 0 spiro atoms. The van der Waals surface area contributed by atoms with Crippen molar-refractivity contribution < 1.29 is 5.11 Å². The Bertz CT molecular complexity index is 932. The van der Waals surface area contributed by atoms with E-state index in [0.717, 1.165) is 55.0 Å². The summed E-state index contributed by atoms with van der Waals surface area (Å²) < 4.78 is 1.83. The third-order valence-corrected chi connectivity index (χ3v) is 5.35. The third-order valence-electron chi connectivity index (χ3n) is 5.35. The topological polar surface area (TPSA) is 75.3 Å². The van der Waals surface area contributed by atoms with Crippen molar-refractivity contribution >= 4 is 11.5 Å². The van der Waals surface area contributed by atoms with Crippen LogP contribution in [0.4, 0.5) is 5.82 Å². The van der Waals surface area contributed by atoms with E-state index in [1.54, 1.807) is 0 Å². The minimum Gasteiger partial charge on any atom is -0.383 e. The molecule has 128 valence electrons. The highest BCUT2D eigenvalue weighted by molar-refractivity contribution is 5.45. The van der Waals surface area contributed by atoms with Gasteiger partial charge in [-0.25, -0.2) is 0 Å². The zero-order chi connectivity index (χ0) is 16.9. The molecule has 1 unspecified atom stereocenters. The second kappa shape index (κ2) is 5.52. The largest absolute Gasteiger partial charge is 0.383 e. The molecule has 2 heterocycles. The van der Waals surface area contributed by atoms with Gasteiger partial charge < -0.3 is 10.4 Å². The first kappa shape index (κ1) is 14.8. The molecular formula is C19H21N5O. The minimum absolute atomic E-state index is 0.448. The molecule has 2 aromatic heterocycles. The Balaban J connectivity index is 1.41. The molecule has 6 nitrogen and oxygen atoms in total. The van der Waals surface area contributed by atoms with E-state index in [0.29, 0.717) is 12.5 Å². The lowest BCUT2D eigenvalue weighted by Gasteiger charge is -2.34. The number of nitrogens with zero attached hydrogens (tertiary/aromatic N) is 4. The maximum Gasteiger partial charge on any atom is 0.178 e. The predicted molar refractivity (Wildman–Crippen MR) is 94.5 cm³/mol. The van der Waals surface area contributed by atoms with Crippen LogP contribution >= 0.6 is 0 Å². The number of anilines is 1. The number of benzene rings is 1. The number of aliphatic hydroxyl groups is 1. The van der Waals surface area contributed by atoms with E-state index in [-0.39, 0.29) is 0 Å². The van der Waals surface area contributed by atoms with Crippen LogP contribution in [0, 0.1) is 0 Å². The molecule has 0 saturated heterocycles. The molecule has 0 bridgehead atoms. The van der Waals surface area contributed by atoms with Crippen LogP contribution in [-0.2, 0) is 12.0 Å². The quantitative estimate of drug-likeness (QED) is 0.766. The summed E-state index contributed by atoms with van der Waals surface area (Å²) in [5.41, 5.74) is 2.21. The average Bonchev–Trinajstić information content (AvgIpc) is 3.40. The lowest BCUT2D eigenvalue weighted by atomic mass is 9.79. The Morgan fingerprint density at radius 2 is 2.04 bits per heavy atom. The highest BCUT2D eigenvalue weighted by atomic mass is 16.3. The summed E-state index contributed by atoms with van der Waals surface area (Å²) in [5, 5.41) is 27.6. The van der Waals surface area contributed by atoms with Gasteiger partial charge in [0.15, 0.2) is 11.5 Å². The van der Waals surface area contributed by atoms with Gasteiger partial charge >= 0.3 is 0 Å². The standard InChI is InChI=1S/C19H21N5O/c25-19(11-3-5-13-4-1-2-6-15(13)19)12-20-16-9-10-17-21-22-18(14-7-8-14)24(17)23-16/h1-2,4,6,9-10,14,25H,3,5,7-8,11-12H2,(H,20,23). The Morgan fingerprint density at radius 1 is 1.16 bits per heavy atom. The third kappa shape index (κ3) is 2.57. The fraction of sp³-hybridized carbons (Fsp3) is 0.421. The number of nitrogens with one attached hydrogen (secondary N) is 1. The first-order valence-electron chi connectivity index (χ1n) is 9.00. The molecular weight excluding hydrogens is 314 g/mol. The maximum atomic E-state index is 11.2. The van der Waals surface area contributed by atoms with Crippen LogP contribution in [0.5, 0.6) is 0 Å². The van der Waals surface area contributed by atoms with E-state index < -0.39 is 5.60 Å². The zero-order valence-electron chi connectivity index (χ0n) is 14.0. The lowest BCUT2D eigenvalue weighted by molar-refractivity contribution is 0.0322. The first-order valence-corrected chi connectivity index (χ1v) is 9.00. The summed E-state index contributed by atoms with van der Waals surface area (Å²) in [6.07, 6.45) is 5.12. The molecule has 5 rings (SSSR count). The van der Waals surface area contributed by atoms with Crippen molar-refractivity contribution in [3.63, 3.8) is 0 Å². The van der Waals surface area contributed by atoms with Crippen LogP contribution < -0.4 is 5.32 Å². The van der Waals surface area contributed by atoms with Gasteiger partial charge in [-0.15, -0.1) is 15.3 Å². The van der Waals surface area contributed by atoms with Gasteiger partial charge in [-0.3, -0.25) is 0 Å². The van der Waals surface area contributed by atoms with Crippen LogP contribution in [0.3, 0.4) is 0 Å². The van der Waals surface area contributed by atoms with Crippen LogP contribution in [-0.4, -0.2) is 31.5 Å². The molecule has 0 amide bonds. The first-order chi connectivity index (χ1) is 12.2. The number of aryl methyl sites for hydroxylation is 1. The summed E-state index contributed by atoms with van der Waals surface area (Å²) in [6.45, 7) is 0.448. The smallest absolute Gasteiger partial charge is 0.178 e. The number of hydrogen-bond donors (Lipinski definition) is 2. The molecule has 1 saturated carbocycles. The van der Waals surface area contributed by atoms with E-state index >= 15 is 0 Å². The van der Waals surface area contributed by atoms with Crippen molar-refractivity contribution in [1.29, 1.82) is 0 Å². The SMILES string of the molecule is OC1(CNc2ccc3nnc(C4CC4)n3n2)CCCc2ccccc21. The van der Waals surface area contributed by atoms with Crippen molar-refractivity contribution in [2.24, 2.45) is 0 Å². The van der Waals surface area contributed by atoms with Gasteiger partial charge in [0.05, 0.1) is 0 Å². The molecule has 2 N–H and O–H groups in total. The number of rotatable bonds is 4. The Morgan fingerprint density at radius 3 is 2.92 bits per heavy atom. The van der Waals surface area contributed by atoms with Crippen LogP contribution in [0.15, 0.2) is 36.4 Å². The van der Waals surface area contributed by atoms with Crippen LogP contribution in [0.25, 0.3) is 5.65 Å². The Labute approximate surface area is 145 Å². The lowest BCUT2D eigenvalue weighted by Crippen LogP contribution is -2.37. The van der Waals surface area contributed by atoms with Gasteiger partial charge in [-0.05, 0) is 55.4 Å². The fourth-order valence-corrected chi connectivity index (χ4v) is 3.81. The molecule has 1 fully saturated rings. The van der Waals surface area contributed by atoms with Gasteiger partial charge in [-0.1, -0.05) is 24.3 Å². The van der Waals surface area contributed by atoms with E-state index in [4.69, 9.17) is 0 Å². The minimum atomic E-state index is -0.849. The number of hydrogen-bond acceptors (Lipinski definition) is 5. The van der Waals surface area contributed by atoms with Crippen molar-refractivity contribution in [1.82, 2.24) is 19.8 Å². The summed E-state index contributed by atoms with van der Waals surface area (Å²) in [5.74, 6) is 2.18. The maximum absolute atomic E-state index is 11.2. The molecule has 3 aromatic rings. The highest BCUT2D eigenvalue weighted by Crippen LogP contribution is 2.39. The van der Waals surface area contributed by atoms with Crippen LogP contribution in [0.2, 0.25) is 0 Å². The molecule has 1 aromatic carbocycles. The van der Waals surface area contributed by atoms with Gasteiger partial charge in [0, 0.05) is 12.5 Å². The molecule has 0 aliphatic heterocycles. The van der Waals surface area contributed by atoms with Gasteiger partial charge in [0.2, 0.25) is 0 Å². The summed E-state index contributed by atoms with van der Waals surface area (Å²) in [6, 6.07) is 12.0. The van der Waals surface area contributed by atoms with Crippen molar-refractivity contribution in [2.45, 2.75) is 43.6 Å². The molecule has 2 aliphatic rings. The second-order valence-corrected chi connectivity index (χ2v) is 7.22. The normalized spacial score (nSPS) is 22.8. The Hall–Kier alpha value is -2.47. The van der Waals surface area contributed by atoms with E-state index in [2.05, 4.69) is 26.7 Å². The van der Waals surface area contributed by atoms with E-state index in [1.165, 1.54) is 5.56 Å². The predicted octanol–water partition coefficient (Wildman–Crippen LogP) is 2.64. The zero-order valence-corrected chi connectivity index (χ0v) is 14.0. The van der Waals surface area contributed by atoms with Crippen LogP contribution in [0.1, 0.15) is 48.6 Å². The van der Waals surface area contributed by atoms with Gasteiger partial charge in [0.25, 0.3) is 0 Å². The molecule has 0 radical (unpaired) electrons.